The van der Waals surface area contributed by atoms with Crippen molar-refractivity contribution in [2.24, 2.45) is 0 Å². The second kappa shape index (κ2) is 7.37. The maximum atomic E-state index is 13.4. The van der Waals surface area contributed by atoms with Crippen molar-refractivity contribution >= 4 is 5.91 Å². The highest BCUT2D eigenvalue weighted by molar-refractivity contribution is 5.96. The summed E-state index contributed by atoms with van der Waals surface area (Å²) < 4.78 is 0. The number of nitrogens with zero attached hydrogens (tertiary/aromatic N) is 1. The van der Waals surface area contributed by atoms with Crippen LogP contribution in [-0.2, 0) is 6.54 Å². The molecule has 1 heterocycles. The van der Waals surface area contributed by atoms with E-state index in [0.717, 1.165) is 16.7 Å². The first-order valence-electron chi connectivity index (χ1n) is 9.31. The van der Waals surface area contributed by atoms with Crippen LogP contribution in [-0.4, -0.2) is 28.6 Å². The smallest absolute Gasteiger partial charge is 0.254 e. The SMILES string of the molecule is Cc1ccccc1C(=O)N1Cc2ccccc2[C@@H](c2ccccc2)[C@@H]1CO. The highest BCUT2D eigenvalue weighted by Crippen LogP contribution is 2.38. The van der Waals surface area contributed by atoms with E-state index in [4.69, 9.17) is 0 Å². The van der Waals surface area contributed by atoms with Crippen molar-refractivity contribution in [3.05, 3.63) is 107 Å². The van der Waals surface area contributed by atoms with Crippen LogP contribution >= 0.6 is 0 Å². The normalized spacial score (nSPS) is 18.8. The van der Waals surface area contributed by atoms with Crippen LogP contribution in [0.1, 0.15) is 38.5 Å². The molecule has 0 aromatic heterocycles. The molecule has 1 amide bonds. The number of benzene rings is 3. The largest absolute Gasteiger partial charge is 0.394 e. The van der Waals surface area contributed by atoms with Gasteiger partial charge in [-0.15, -0.1) is 0 Å². The van der Waals surface area contributed by atoms with Gasteiger partial charge in [0.1, 0.15) is 0 Å². The van der Waals surface area contributed by atoms with Gasteiger partial charge >= 0.3 is 0 Å². The van der Waals surface area contributed by atoms with Crippen molar-refractivity contribution in [1.82, 2.24) is 4.90 Å². The van der Waals surface area contributed by atoms with Gasteiger partial charge in [0.15, 0.2) is 0 Å². The molecule has 4 rings (SSSR count). The molecule has 0 bridgehead atoms. The minimum atomic E-state index is -0.297. The van der Waals surface area contributed by atoms with Crippen LogP contribution in [0, 0.1) is 6.92 Å². The lowest BCUT2D eigenvalue weighted by atomic mass is 9.79. The predicted octanol–water partition coefficient (Wildman–Crippen LogP) is 4.14. The zero-order chi connectivity index (χ0) is 18.8. The maximum Gasteiger partial charge on any atom is 0.254 e. The molecule has 0 saturated carbocycles. The molecule has 3 aromatic carbocycles. The average Bonchev–Trinajstić information content (AvgIpc) is 2.72. The summed E-state index contributed by atoms with van der Waals surface area (Å²) >= 11 is 0. The summed E-state index contributed by atoms with van der Waals surface area (Å²) in [6, 6.07) is 25.7. The molecule has 3 heteroatoms. The summed E-state index contributed by atoms with van der Waals surface area (Å²) in [4.78, 5) is 15.2. The molecule has 0 fully saturated rings. The third-order valence-electron chi connectivity index (χ3n) is 5.50. The molecule has 0 radical (unpaired) electrons. The van der Waals surface area contributed by atoms with Crippen LogP contribution in [0.5, 0.6) is 0 Å². The Balaban J connectivity index is 1.82. The van der Waals surface area contributed by atoms with Crippen molar-refractivity contribution in [2.45, 2.75) is 25.4 Å². The summed E-state index contributed by atoms with van der Waals surface area (Å²) in [7, 11) is 0. The summed E-state index contributed by atoms with van der Waals surface area (Å²) in [5, 5.41) is 10.3. The maximum absolute atomic E-state index is 13.4. The summed E-state index contributed by atoms with van der Waals surface area (Å²) in [5.74, 6) is -0.0725. The average molecular weight is 357 g/mol. The monoisotopic (exact) mass is 357 g/mol. The number of aliphatic hydroxyl groups excluding tert-OH is 1. The number of aryl methyl sites for hydroxylation is 1. The van der Waals surface area contributed by atoms with Gasteiger partial charge in [-0.3, -0.25) is 4.79 Å². The zero-order valence-electron chi connectivity index (χ0n) is 15.4. The molecule has 1 aliphatic heterocycles. The molecule has 3 aromatic rings. The highest BCUT2D eigenvalue weighted by Gasteiger charge is 2.38. The number of hydrogen-bond donors (Lipinski definition) is 1. The van der Waals surface area contributed by atoms with Gasteiger partial charge in [0, 0.05) is 18.0 Å². The first-order chi connectivity index (χ1) is 13.2. The van der Waals surface area contributed by atoms with Crippen LogP contribution < -0.4 is 0 Å². The lowest BCUT2D eigenvalue weighted by Crippen LogP contribution is -2.49. The van der Waals surface area contributed by atoms with E-state index in [1.165, 1.54) is 5.56 Å². The molecular formula is C24H23NO2. The van der Waals surface area contributed by atoms with Crippen molar-refractivity contribution in [3.63, 3.8) is 0 Å². The second-order valence-electron chi connectivity index (χ2n) is 7.09. The topological polar surface area (TPSA) is 40.5 Å². The number of aliphatic hydroxyl groups is 1. The molecule has 1 aliphatic rings. The Morgan fingerprint density at radius 2 is 1.63 bits per heavy atom. The van der Waals surface area contributed by atoms with Gasteiger partial charge in [-0.05, 0) is 35.2 Å². The van der Waals surface area contributed by atoms with Crippen molar-refractivity contribution < 1.29 is 9.90 Å². The predicted molar refractivity (Wildman–Crippen MR) is 107 cm³/mol. The van der Waals surface area contributed by atoms with E-state index >= 15 is 0 Å². The first-order valence-corrected chi connectivity index (χ1v) is 9.31. The standard InChI is InChI=1S/C24H23NO2/c1-17-9-5-7-13-20(17)24(27)25-15-19-12-6-8-14-21(19)23(22(25)16-26)18-10-3-2-4-11-18/h2-14,22-23,26H,15-16H2,1H3/t22-,23+/m0/s1. The number of carbonyl (C=O) groups excluding carboxylic acids is 1. The highest BCUT2D eigenvalue weighted by atomic mass is 16.3. The third-order valence-corrected chi connectivity index (χ3v) is 5.50. The lowest BCUT2D eigenvalue weighted by molar-refractivity contribution is 0.0508. The van der Waals surface area contributed by atoms with Crippen LogP contribution in [0.25, 0.3) is 0 Å². The molecule has 0 spiro atoms. The van der Waals surface area contributed by atoms with E-state index in [-0.39, 0.29) is 24.5 Å². The van der Waals surface area contributed by atoms with Crippen LogP contribution in [0.15, 0.2) is 78.9 Å². The van der Waals surface area contributed by atoms with E-state index in [1.807, 2.05) is 66.4 Å². The Bertz CT molecular complexity index is 951. The Kier molecular flexibility index (Phi) is 4.78. The molecule has 136 valence electrons. The summed E-state index contributed by atoms with van der Waals surface area (Å²) in [6.07, 6.45) is 0. The number of rotatable bonds is 3. The number of carbonyl (C=O) groups is 1. The van der Waals surface area contributed by atoms with E-state index < -0.39 is 0 Å². The molecule has 0 saturated heterocycles. The molecule has 27 heavy (non-hydrogen) atoms. The van der Waals surface area contributed by atoms with Crippen molar-refractivity contribution in [1.29, 1.82) is 0 Å². The van der Waals surface area contributed by atoms with Gasteiger partial charge in [-0.1, -0.05) is 72.8 Å². The number of fused-ring (bicyclic) bond motifs is 1. The van der Waals surface area contributed by atoms with Gasteiger partial charge < -0.3 is 10.0 Å². The van der Waals surface area contributed by atoms with E-state index in [9.17, 15) is 9.90 Å². The zero-order valence-corrected chi connectivity index (χ0v) is 15.4. The molecule has 2 atom stereocenters. The second-order valence-corrected chi connectivity index (χ2v) is 7.09. The van der Waals surface area contributed by atoms with Gasteiger partial charge in [0.05, 0.1) is 12.6 Å². The Hall–Kier alpha value is -2.91. The molecule has 0 unspecified atom stereocenters. The molecule has 3 nitrogen and oxygen atoms in total. The third kappa shape index (κ3) is 3.15. The Labute approximate surface area is 159 Å². The number of amides is 1. The van der Waals surface area contributed by atoms with E-state index in [1.54, 1.807) is 0 Å². The fraction of sp³-hybridized carbons (Fsp3) is 0.208. The molecule has 1 N–H and O–H groups in total. The Morgan fingerprint density at radius 3 is 2.37 bits per heavy atom. The summed E-state index contributed by atoms with van der Waals surface area (Å²) in [5.41, 5.74) is 5.09. The summed E-state index contributed by atoms with van der Waals surface area (Å²) in [6.45, 7) is 2.39. The van der Waals surface area contributed by atoms with Crippen molar-refractivity contribution in [3.8, 4) is 0 Å². The fourth-order valence-corrected chi connectivity index (χ4v) is 4.13. The molecular weight excluding hydrogens is 334 g/mol. The van der Waals surface area contributed by atoms with Crippen LogP contribution in [0.2, 0.25) is 0 Å². The van der Waals surface area contributed by atoms with Gasteiger partial charge in [0.25, 0.3) is 5.91 Å². The van der Waals surface area contributed by atoms with Crippen LogP contribution in [0.4, 0.5) is 0 Å². The minimum Gasteiger partial charge on any atom is -0.394 e. The fourth-order valence-electron chi connectivity index (χ4n) is 4.13. The van der Waals surface area contributed by atoms with Gasteiger partial charge in [0.2, 0.25) is 0 Å². The van der Waals surface area contributed by atoms with E-state index in [2.05, 4.69) is 24.3 Å². The number of hydrogen-bond acceptors (Lipinski definition) is 2. The van der Waals surface area contributed by atoms with Gasteiger partial charge in [-0.2, -0.15) is 0 Å². The van der Waals surface area contributed by atoms with E-state index in [0.29, 0.717) is 12.1 Å². The minimum absolute atomic E-state index is 0.0254. The first kappa shape index (κ1) is 17.5. The van der Waals surface area contributed by atoms with Gasteiger partial charge in [-0.25, -0.2) is 0 Å². The Morgan fingerprint density at radius 1 is 0.963 bits per heavy atom. The van der Waals surface area contributed by atoms with Crippen LogP contribution in [0.3, 0.4) is 0 Å². The quantitative estimate of drug-likeness (QED) is 0.765. The van der Waals surface area contributed by atoms with Crippen molar-refractivity contribution in [2.75, 3.05) is 6.61 Å². The lowest BCUT2D eigenvalue weighted by Gasteiger charge is -2.42. The molecule has 0 aliphatic carbocycles.